The van der Waals surface area contributed by atoms with E-state index in [9.17, 15) is 4.79 Å². The van der Waals surface area contributed by atoms with Crippen molar-refractivity contribution in [3.63, 3.8) is 0 Å². The van der Waals surface area contributed by atoms with Crippen molar-refractivity contribution in [2.24, 2.45) is 0 Å². The quantitative estimate of drug-likeness (QED) is 0.444. The lowest BCUT2D eigenvalue weighted by atomic mass is 10.0. The highest BCUT2D eigenvalue weighted by Crippen LogP contribution is 2.33. The van der Waals surface area contributed by atoms with Gasteiger partial charge in [-0.25, -0.2) is 9.97 Å². The van der Waals surface area contributed by atoms with Gasteiger partial charge in [0.1, 0.15) is 5.82 Å². The van der Waals surface area contributed by atoms with E-state index in [1.807, 2.05) is 48.5 Å². The summed E-state index contributed by atoms with van der Waals surface area (Å²) in [6, 6.07) is 25.3. The van der Waals surface area contributed by atoms with Gasteiger partial charge in [0.05, 0.1) is 23.1 Å². The molecule has 2 N–H and O–H groups in total. The van der Waals surface area contributed by atoms with Gasteiger partial charge in [0.2, 0.25) is 5.56 Å². The van der Waals surface area contributed by atoms with Gasteiger partial charge in [-0.2, -0.15) is 0 Å². The zero-order chi connectivity index (χ0) is 21.0. The molecule has 0 amide bonds. The second-order valence-electron chi connectivity index (χ2n) is 7.08. The second-order valence-corrected chi connectivity index (χ2v) is 7.08. The Morgan fingerprint density at radius 1 is 0.806 bits per heavy atom. The molecule has 0 radical (unpaired) electrons. The van der Waals surface area contributed by atoms with Gasteiger partial charge in [0, 0.05) is 24.0 Å². The SMILES string of the molecule is O=c1ccc(-c2nc(NCc3ccccn3)c3c(-c4ccccc4)cccc3n2)c[nH]1. The van der Waals surface area contributed by atoms with E-state index in [-0.39, 0.29) is 5.56 Å². The second kappa shape index (κ2) is 8.20. The Morgan fingerprint density at radius 3 is 2.45 bits per heavy atom. The fraction of sp³-hybridized carbons (Fsp3) is 0.0400. The van der Waals surface area contributed by atoms with Gasteiger partial charge in [-0.15, -0.1) is 0 Å². The normalized spacial score (nSPS) is 10.8. The van der Waals surface area contributed by atoms with Gasteiger partial charge >= 0.3 is 0 Å². The molecule has 150 valence electrons. The van der Waals surface area contributed by atoms with Crippen molar-refractivity contribution >= 4 is 16.7 Å². The summed E-state index contributed by atoms with van der Waals surface area (Å²) >= 11 is 0. The molecule has 0 aliphatic heterocycles. The molecule has 0 bridgehead atoms. The Kier molecular flexibility index (Phi) is 4.94. The zero-order valence-electron chi connectivity index (χ0n) is 16.6. The third kappa shape index (κ3) is 3.91. The zero-order valence-corrected chi connectivity index (χ0v) is 16.6. The number of nitrogens with one attached hydrogen (secondary N) is 2. The number of nitrogens with zero attached hydrogens (tertiary/aromatic N) is 3. The van der Waals surface area contributed by atoms with E-state index < -0.39 is 0 Å². The van der Waals surface area contributed by atoms with E-state index >= 15 is 0 Å². The number of fused-ring (bicyclic) bond motifs is 1. The topological polar surface area (TPSA) is 83.6 Å². The number of aromatic nitrogens is 4. The fourth-order valence-electron chi connectivity index (χ4n) is 3.52. The summed E-state index contributed by atoms with van der Waals surface area (Å²) in [5.74, 6) is 1.26. The van der Waals surface area contributed by atoms with E-state index in [2.05, 4.69) is 33.5 Å². The van der Waals surface area contributed by atoms with E-state index in [1.165, 1.54) is 6.07 Å². The summed E-state index contributed by atoms with van der Waals surface area (Å²) in [4.78, 5) is 28.2. The Balaban J connectivity index is 1.68. The van der Waals surface area contributed by atoms with Crippen LogP contribution in [0.15, 0.2) is 96.1 Å². The van der Waals surface area contributed by atoms with Crippen molar-refractivity contribution < 1.29 is 0 Å². The van der Waals surface area contributed by atoms with Gasteiger partial charge in [-0.3, -0.25) is 9.78 Å². The molecule has 0 fully saturated rings. The molecule has 0 saturated heterocycles. The summed E-state index contributed by atoms with van der Waals surface area (Å²) in [6.45, 7) is 0.529. The van der Waals surface area contributed by atoms with Crippen LogP contribution in [-0.4, -0.2) is 19.9 Å². The standard InChI is InChI=1S/C25H19N5O/c31-22-13-12-18(15-27-22)24-29-21-11-6-10-20(17-7-2-1-3-8-17)23(21)25(30-24)28-16-19-9-4-5-14-26-19/h1-15H,16H2,(H,27,31)(H,28,29,30). The molecule has 0 unspecified atom stereocenters. The van der Waals surface area contributed by atoms with E-state index in [4.69, 9.17) is 9.97 Å². The van der Waals surface area contributed by atoms with E-state index in [1.54, 1.807) is 18.5 Å². The lowest BCUT2D eigenvalue weighted by Crippen LogP contribution is -2.07. The van der Waals surface area contributed by atoms with Crippen molar-refractivity contribution in [3.05, 3.63) is 107 Å². The lowest BCUT2D eigenvalue weighted by Gasteiger charge is -2.14. The summed E-state index contributed by atoms with van der Waals surface area (Å²) in [6.07, 6.45) is 3.41. The molecule has 6 heteroatoms. The number of anilines is 1. The summed E-state index contributed by atoms with van der Waals surface area (Å²) < 4.78 is 0. The third-order valence-electron chi connectivity index (χ3n) is 5.01. The van der Waals surface area contributed by atoms with E-state index in [0.29, 0.717) is 12.4 Å². The van der Waals surface area contributed by atoms with Gasteiger partial charge in [-0.1, -0.05) is 48.5 Å². The highest BCUT2D eigenvalue weighted by molar-refractivity contribution is 6.02. The van der Waals surface area contributed by atoms with Crippen LogP contribution in [0, 0.1) is 0 Å². The largest absolute Gasteiger partial charge is 0.364 e. The van der Waals surface area contributed by atoms with Crippen molar-refractivity contribution in [3.8, 4) is 22.5 Å². The first-order chi connectivity index (χ1) is 15.3. The first kappa shape index (κ1) is 18.7. The maximum atomic E-state index is 11.5. The Morgan fingerprint density at radius 2 is 1.68 bits per heavy atom. The lowest BCUT2D eigenvalue weighted by molar-refractivity contribution is 1.03. The number of pyridine rings is 2. The average Bonchev–Trinajstić information content (AvgIpc) is 2.83. The first-order valence-corrected chi connectivity index (χ1v) is 9.97. The van der Waals surface area contributed by atoms with Crippen molar-refractivity contribution in [2.75, 3.05) is 5.32 Å². The molecule has 31 heavy (non-hydrogen) atoms. The van der Waals surface area contributed by atoms with Crippen LogP contribution in [0.4, 0.5) is 5.82 Å². The molecule has 5 aromatic rings. The van der Waals surface area contributed by atoms with Crippen LogP contribution < -0.4 is 10.9 Å². The number of hydrogen-bond donors (Lipinski definition) is 2. The maximum Gasteiger partial charge on any atom is 0.247 e. The van der Waals surface area contributed by atoms with Gasteiger partial charge in [-0.05, 0) is 35.4 Å². The number of benzene rings is 2. The molecule has 0 saturated carbocycles. The monoisotopic (exact) mass is 405 g/mol. The average molecular weight is 405 g/mol. The Bertz CT molecular complexity index is 1380. The maximum absolute atomic E-state index is 11.5. The third-order valence-corrected chi connectivity index (χ3v) is 5.01. The van der Waals surface area contributed by atoms with Crippen LogP contribution >= 0.6 is 0 Å². The number of rotatable bonds is 5. The fourth-order valence-corrected chi connectivity index (χ4v) is 3.52. The highest BCUT2D eigenvalue weighted by Gasteiger charge is 2.14. The Hall–Kier alpha value is -4.32. The number of H-pyrrole nitrogens is 1. The van der Waals surface area contributed by atoms with Crippen LogP contribution in [0.1, 0.15) is 5.69 Å². The van der Waals surface area contributed by atoms with Gasteiger partial charge < -0.3 is 10.3 Å². The molecule has 2 aromatic carbocycles. The molecule has 0 spiro atoms. The predicted molar refractivity (Wildman–Crippen MR) is 123 cm³/mol. The molecule has 0 aliphatic rings. The van der Waals surface area contributed by atoms with Crippen molar-refractivity contribution in [1.82, 2.24) is 19.9 Å². The molecule has 3 heterocycles. The molecule has 5 rings (SSSR count). The summed E-state index contributed by atoms with van der Waals surface area (Å²) in [5.41, 5.74) is 4.46. The van der Waals surface area contributed by atoms with Crippen molar-refractivity contribution in [1.29, 1.82) is 0 Å². The van der Waals surface area contributed by atoms with Gasteiger partial charge in [0.15, 0.2) is 5.82 Å². The van der Waals surface area contributed by atoms with Crippen molar-refractivity contribution in [2.45, 2.75) is 6.54 Å². The van der Waals surface area contributed by atoms with Crippen LogP contribution in [0.3, 0.4) is 0 Å². The van der Waals surface area contributed by atoms with Crippen LogP contribution in [0.2, 0.25) is 0 Å². The smallest absolute Gasteiger partial charge is 0.247 e. The predicted octanol–water partition coefficient (Wildman–Crippen LogP) is 4.66. The highest BCUT2D eigenvalue weighted by atomic mass is 16.1. The summed E-state index contributed by atoms with van der Waals surface area (Å²) in [7, 11) is 0. The number of hydrogen-bond acceptors (Lipinski definition) is 5. The minimum Gasteiger partial charge on any atom is -0.364 e. The van der Waals surface area contributed by atoms with Crippen LogP contribution in [-0.2, 0) is 6.54 Å². The first-order valence-electron chi connectivity index (χ1n) is 9.97. The summed E-state index contributed by atoms with van der Waals surface area (Å²) in [5, 5.41) is 4.39. The molecule has 3 aromatic heterocycles. The molecule has 0 atom stereocenters. The van der Waals surface area contributed by atoms with E-state index in [0.717, 1.165) is 39.1 Å². The van der Waals surface area contributed by atoms with Gasteiger partial charge in [0.25, 0.3) is 0 Å². The molecular formula is C25H19N5O. The molecular weight excluding hydrogens is 386 g/mol. The minimum absolute atomic E-state index is 0.163. The van der Waals surface area contributed by atoms with Crippen LogP contribution in [0.25, 0.3) is 33.4 Å². The molecule has 0 aliphatic carbocycles. The molecule has 6 nitrogen and oxygen atoms in total. The van der Waals surface area contributed by atoms with Crippen LogP contribution in [0.5, 0.6) is 0 Å². The Labute approximate surface area is 178 Å². The minimum atomic E-state index is -0.163. The number of aromatic amines is 1.